The van der Waals surface area contributed by atoms with Gasteiger partial charge in [-0.2, -0.15) is 0 Å². The number of methoxy groups -OCH3 is 3. The fraction of sp³-hybridized carbons (Fsp3) is 0.409. The lowest BCUT2D eigenvalue weighted by Gasteiger charge is -2.35. The van der Waals surface area contributed by atoms with Gasteiger partial charge in [-0.3, -0.25) is 18.7 Å². The fourth-order valence-corrected chi connectivity index (χ4v) is 4.49. The Morgan fingerprint density at radius 2 is 1.55 bits per heavy atom. The van der Waals surface area contributed by atoms with Crippen LogP contribution in [0.2, 0.25) is 0 Å². The van der Waals surface area contributed by atoms with Gasteiger partial charge in [0.25, 0.3) is 5.56 Å². The molecule has 164 valence electrons. The SMILES string of the molecule is COc1cc(OC)c([C@H]2C3=C(CCCC3=O)Nc3c2c(=O)n(C)c(=O)n3C)cc1OC. The van der Waals surface area contributed by atoms with Gasteiger partial charge < -0.3 is 19.5 Å². The Labute approximate surface area is 178 Å². The number of allylic oxidation sites excluding steroid dienone is 2. The van der Waals surface area contributed by atoms with Crippen molar-refractivity contribution in [1.29, 1.82) is 0 Å². The minimum absolute atomic E-state index is 0.0304. The molecule has 1 aromatic carbocycles. The van der Waals surface area contributed by atoms with E-state index >= 15 is 0 Å². The Morgan fingerprint density at radius 3 is 2.19 bits per heavy atom. The first-order valence-corrected chi connectivity index (χ1v) is 9.97. The molecule has 1 aliphatic carbocycles. The van der Waals surface area contributed by atoms with E-state index in [0.717, 1.165) is 10.3 Å². The lowest BCUT2D eigenvalue weighted by molar-refractivity contribution is -0.116. The van der Waals surface area contributed by atoms with Crippen LogP contribution in [0.25, 0.3) is 0 Å². The van der Waals surface area contributed by atoms with Crippen molar-refractivity contribution in [2.75, 3.05) is 26.6 Å². The van der Waals surface area contributed by atoms with E-state index in [0.29, 0.717) is 59.0 Å². The number of nitrogens with zero attached hydrogens (tertiary/aromatic N) is 2. The Kier molecular flexibility index (Phi) is 5.12. The van der Waals surface area contributed by atoms with E-state index in [-0.39, 0.29) is 5.78 Å². The minimum Gasteiger partial charge on any atom is -0.496 e. The molecular weight excluding hydrogens is 402 g/mol. The second-order valence-corrected chi connectivity index (χ2v) is 7.64. The van der Waals surface area contributed by atoms with Crippen molar-refractivity contribution in [2.45, 2.75) is 25.2 Å². The summed E-state index contributed by atoms with van der Waals surface area (Å²) in [5.74, 6) is 1.02. The number of carbonyl (C=O) groups excluding carboxylic acids is 1. The van der Waals surface area contributed by atoms with E-state index in [1.54, 1.807) is 19.2 Å². The van der Waals surface area contributed by atoms with Gasteiger partial charge in [-0.05, 0) is 18.9 Å². The van der Waals surface area contributed by atoms with E-state index in [9.17, 15) is 14.4 Å². The molecule has 2 heterocycles. The molecule has 2 aliphatic rings. The lowest BCUT2D eigenvalue weighted by atomic mass is 9.76. The number of benzene rings is 1. The Balaban J connectivity index is 2.12. The maximum Gasteiger partial charge on any atom is 0.332 e. The molecule has 0 amide bonds. The molecule has 2 aromatic rings. The number of aromatic nitrogens is 2. The molecule has 0 unspecified atom stereocenters. The number of rotatable bonds is 4. The van der Waals surface area contributed by atoms with Crippen molar-refractivity contribution < 1.29 is 19.0 Å². The summed E-state index contributed by atoms with van der Waals surface area (Å²) >= 11 is 0. The third-order valence-corrected chi connectivity index (χ3v) is 6.05. The predicted octanol–water partition coefficient (Wildman–Crippen LogP) is 1.67. The number of Topliss-reactive ketones (excluding diaryl/α,β-unsaturated/α-hetero) is 1. The minimum atomic E-state index is -0.709. The first kappa shape index (κ1) is 20.8. The average molecular weight is 427 g/mol. The van der Waals surface area contributed by atoms with E-state index in [2.05, 4.69) is 5.32 Å². The van der Waals surface area contributed by atoms with Crippen molar-refractivity contribution in [3.63, 3.8) is 0 Å². The normalized spacial score (nSPS) is 17.6. The molecule has 9 nitrogen and oxygen atoms in total. The van der Waals surface area contributed by atoms with Crippen LogP contribution in [0.1, 0.15) is 36.3 Å². The highest BCUT2D eigenvalue weighted by Crippen LogP contribution is 2.48. The van der Waals surface area contributed by atoms with Crippen LogP contribution in [0.3, 0.4) is 0 Å². The first-order valence-electron chi connectivity index (χ1n) is 9.97. The van der Waals surface area contributed by atoms with Gasteiger partial charge in [0.15, 0.2) is 17.3 Å². The second kappa shape index (κ2) is 7.64. The van der Waals surface area contributed by atoms with Gasteiger partial charge in [0, 0.05) is 43.4 Å². The summed E-state index contributed by atoms with van der Waals surface area (Å²) in [5, 5.41) is 3.21. The standard InChI is InChI=1S/C22H25N3O6/c1-24-20-19(21(27)25(2)22(24)28)17(18-12(23-20)7-6-8-13(18)26)11-9-15(30-4)16(31-5)10-14(11)29-3/h9-10,17,23H,6-8H2,1-5H3/t17-/m0/s1. The van der Waals surface area contributed by atoms with Crippen LogP contribution in [0.15, 0.2) is 33.0 Å². The molecule has 0 fully saturated rings. The van der Waals surface area contributed by atoms with Crippen molar-refractivity contribution >= 4 is 11.6 Å². The summed E-state index contributed by atoms with van der Waals surface area (Å²) in [6.45, 7) is 0. The van der Waals surface area contributed by atoms with Crippen LogP contribution in [0.5, 0.6) is 17.2 Å². The first-order chi connectivity index (χ1) is 14.8. The molecule has 1 atom stereocenters. The van der Waals surface area contributed by atoms with E-state index in [1.807, 2.05) is 0 Å². The van der Waals surface area contributed by atoms with E-state index in [1.165, 1.54) is 32.9 Å². The van der Waals surface area contributed by atoms with E-state index in [4.69, 9.17) is 14.2 Å². The number of carbonyl (C=O) groups is 1. The molecule has 0 spiro atoms. The zero-order valence-corrected chi connectivity index (χ0v) is 18.2. The van der Waals surface area contributed by atoms with Gasteiger partial charge in [-0.15, -0.1) is 0 Å². The van der Waals surface area contributed by atoms with Crippen LogP contribution in [-0.2, 0) is 18.9 Å². The van der Waals surface area contributed by atoms with Gasteiger partial charge >= 0.3 is 5.69 Å². The number of nitrogens with one attached hydrogen (secondary N) is 1. The smallest absolute Gasteiger partial charge is 0.332 e. The molecule has 4 rings (SSSR count). The van der Waals surface area contributed by atoms with Gasteiger partial charge in [0.05, 0.1) is 32.8 Å². The summed E-state index contributed by atoms with van der Waals surface area (Å²) in [5.41, 5.74) is 1.28. The number of hydrogen-bond donors (Lipinski definition) is 1. The van der Waals surface area contributed by atoms with Gasteiger partial charge in [-0.1, -0.05) is 0 Å². The molecule has 1 aromatic heterocycles. The number of ether oxygens (including phenoxy) is 3. The highest BCUT2D eigenvalue weighted by atomic mass is 16.5. The zero-order chi connectivity index (χ0) is 22.4. The molecular formula is C22H25N3O6. The molecule has 0 saturated heterocycles. The summed E-state index contributed by atoms with van der Waals surface area (Å²) in [6, 6.07) is 3.41. The summed E-state index contributed by atoms with van der Waals surface area (Å²) in [7, 11) is 7.59. The molecule has 0 radical (unpaired) electrons. The maximum absolute atomic E-state index is 13.3. The molecule has 9 heteroatoms. The Bertz CT molecular complexity index is 1240. The van der Waals surface area contributed by atoms with Gasteiger partial charge in [-0.25, -0.2) is 4.79 Å². The molecule has 1 aliphatic heterocycles. The van der Waals surface area contributed by atoms with Crippen LogP contribution in [-0.4, -0.2) is 36.2 Å². The summed E-state index contributed by atoms with van der Waals surface area (Å²) in [4.78, 5) is 39.0. The maximum atomic E-state index is 13.3. The lowest BCUT2D eigenvalue weighted by Crippen LogP contribution is -2.44. The largest absolute Gasteiger partial charge is 0.496 e. The highest BCUT2D eigenvalue weighted by Gasteiger charge is 2.40. The van der Waals surface area contributed by atoms with E-state index < -0.39 is 17.2 Å². The summed E-state index contributed by atoms with van der Waals surface area (Å²) < 4.78 is 19.0. The molecule has 1 N–H and O–H groups in total. The number of fused-ring (bicyclic) bond motifs is 1. The third-order valence-electron chi connectivity index (χ3n) is 6.05. The van der Waals surface area contributed by atoms with Crippen molar-refractivity contribution in [2.24, 2.45) is 14.1 Å². The average Bonchev–Trinajstić information content (AvgIpc) is 2.79. The number of ketones is 1. The van der Waals surface area contributed by atoms with Gasteiger partial charge in [0.1, 0.15) is 11.6 Å². The van der Waals surface area contributed by atoms with Crippen LogP contribution >= 0.6 is 0 Å². The topological polar surface area (TPSA) is 101 Å². The fourth-order valence-electron chi connectivity index (χ4n) is 4.49. The zero-order valence-electron chi connectivity index (χ0n) is 18.2. The number of anilines is 1. The summed E-state index contributed by atoms with van der Waals surface area (Å²) in [6.07, 6.45) is 1.75. The van der Waals surface area contributed by atoms with Crippen molar-refractivity contribution in [3.05, 3.63) is 55.4 Å². The Morgan fingerprint density at radius 1 is 0.903 bits per heavy atom. The second-order valence-electron chi connectivity index (χ2n) is 7.64. The van der Waals surface area contributed by atoms with Crippen LogP contribution in [0, 0.1) is 0 Å². The molecule has 0 bridgehead atoms. The third kappa shape index (κ3) is 3.03. The molecule has 31 heavy (non-hydrogen) atoms. The quantitative estimate of drug-likeness (QED) is 0.792. The van der Waals surface area contributed by atoms with Crippen LogP contribution in [0.4, 0.5) is 5.82 Å². The van der Waals surface area contributed by atoms with Crippen molar-refractivity contribution in [3.8, 4) is 17.2 Å². The highest BCUT2D eigenvalue weighted by molar-refractivity contribution is 6.01. The van der Waals surface area contributed by atoms with Gasteiger partial charge in [0.2, 0.25) is 0 Å². The Hall–Kier alpha value is -3.49. The van der Waals surface area contributed by atoms with Crippen molar-refractivity contribution in [1.82, 2.24) is 9.13 Å². The van der Waals surface area contributed by atoms with Crippen LogP contribution < -0.4 is 30.8 Å². The monoisotopic (exact) mass is 427 g/mol. The predicted molar refractivity (Wildman–Crippen MR) is 114 cm³/mol. The number of hydrogen-bond acceptors (Lipinski definition) is 7. The molecule has 0 saturated carbocycles.